The Morgan fingerprint density at radius 2 is 1.95 bits per heavy atom. The number of hydrogen-bond donors (Lipinski definition) is 1. The van der Waals surface area contributed by atoms with Crippen LogP contribution in [0, 0.1) is 11.3 Å². The van der Waals surface area contributed by atoms with Crippen molar-refractivity contribution < 1.29 is 4.79 Å². The maximum Gasteiger partial charge on any atom is 0.322 e. The number of aromatic nitrogens is 2. The molecule has 0 spiro atoms. The normalized spacial score (nSPS) is 17.6. The highest BCUT2D eigenvalue weighted by atomic mass is 16.2. The van der Waals surface area contributed by atoms with E-state index in [0.717, 1.165) is 5.69 Å². The van der Waals surface area contributed by atoms with E-state index in [2.05, 4.69) is 15.3 Å². The molecule has 1 atom stereocenters. The van der Waals surface area contributed by atoms with Gasteiger partial charge in [0.05, 0.1) is 12.1 Å². The number of rotatable bonds is 2. The van der Waals surface area contributed by atoms with Gasteiger partial charge in [-0.3, -0.25) is 4.90 Å². The van der Waals surface area contributed by atoms with Gasteiger partial charge in [0.15, 0.2) is 5.82 Å². The third kappa shape index (κ3) is 2.17. The standard InChI is InChI=1S/C14H11N5O/c15-6-10-7-16-13(17-8-10)12-9-19(14(20)18-12)11-4-2-1-3-5-11/h1-5,7-8,12H,9H2,(H,18,20). The van der Waals surface area contributed by atoms with Crippen LogP contribution in [-0.4, -0.2) is 22.5 Å². The van der Waals surface area contributed by atoms with Gasteiger partial charge in [-0.25, -0.2) is 14.8 Å². The molecule has 1 saturated heterocycles. The summed E-state index contributed by atoms with van der Waals surface area (Å²) in [5, 5.41) is 11.6. The van der Waals surface area contributed by atoms with Crippen LogP contribution in [-0.2, 0) is 0 Å². The molecule has 2 heterocycles. The topological polar surface area (TPSA) is 81.9 Å². The number of hydrogen-bond acceptors (Lipinski definition) is 4. The highest BCUT2D eigenvalue weighted by molar-refractivity contribution is 5.94. The number of amides is 2. The lowest BCUT2D eigenvalue weighted by Crippen LogP contribution is -2.27. The second kappa shape index (κ2) is 4.97. The van der Waals surface area contributed by atoms with Crippen molar-refractivity contribution in [3.8, 4) is 6.07 Å². The summed E-state index contributed by atoms with van der Waals surface area (Å²) in [5.41, 5.74) is 1.24. The molecule has 1 aliphatic rings. The minimum Gasteiger partial charge on any atom is -0.326 e. The minimum atomic E-state index is -0.268. The molecule has 1 aliphatic heterocycles. The van der Waals surface area contributed by atoms with E-state index in [1.807, 2.05) is 36.4 Å². The number of carbonyl (C=O) groups excluding carboxylic acids is 1. The Balaban J connectivity index is 1.81. The molecule has 6 heteroatoms. The lowest BCUT2D eigenvalue weighted by molar-refractivity contribution is 0.250. The van der Waals surface area contributed by atoms with Crippen molar-refractivity contribution in [1.29, 1.82) is 5.26 Å². The van der Waals surface area contributed by atoms with E-state index in [1.165, 1.54) is 12.4 Å². The van der Waals surface area contributed by atoms with E-state index in [4.69, 9.17) is 5.26 Å². The van der Waals surface area contributed by atoms with Gasteiger partial charge >= 0.3 is 6.03 Å². The van der Waals surface area contributed by atoms with Crippen molar-refractivity contribution >= 4 is 11.7 Å². The van der Waals surface area contributed by atoms with Crippen molar-refractivity contribution in [3.63, 3.8) is 0 Å². The van der Waals surface area contributed by atoms with Crippen LogP contribution in [0.4, 0.5) is 10.5 Å². The van der Waals surface area contributed by atoms with Crippen LogP contribution in [0.2, 0.25) is 0 Å². The minimum absolute atomic E-state index is 0.172. The molecule has 2 aromatic rings. The van der Waals surface area contributed by atoms with E-state index >= 15 is 0 Å². The summed E-state index contributed by atoms with van der Waals surface area (Å²) in [4.78, 5) is 21.9. The molecule has 1 N–H and O–H groups in total. The van der Waals surface area contributed by atoms with E-state index in [1.54, 1.807) is 4.90 Å². The number of nitriles is 1. The van der Waals surface area contributed by atoms with E-state index in [0.29, 0.717) is 17.9 Å². The second-order valence-electron chi connectivity index (χ2n) is 4.39. The second-order valence-corrected chi connectivity index (χ2v) is 4.39. The monoisotopic (exact) mass is 265 g/mol. The Kier molecular flexibility index (Phi) is 3.01. The number of nitrogens with zero attached hydrogens (tertiary/aromatic N) is 4. The molecule has 0 aliphatic carbocycles. The number of nitrogens with one attached hydrogen (secondary N) is 1. The fraction of sp³-hybridized carbons (Fsp3) is 0.143. The average Bonchev–Trinajstić information content (AvgIpc) is 2.90. The first-order valence-electron chi connectivity index (χ1n) is 6.13. The maximum atomic E-state index is 12.0. The zero-order valence-electron chi connectivity index (χ0n) is 10.5. The van der Waals surface area contributed by atoms with E-state index < -0.39 is 0 Å². The molecule has 1 unspecified atom stereocenters. The number of para-hydroxylation sites is 1. The molecule has 98 valence electrons. The largest absolute Gasteiger partial charge is 0.326 e. The van der Waals surface area contributed by atoms with Gasteiger partial charge in [0.2, 0.25) is 0 Å². The third-order valence-corrected chi connectivity index (χ3v) is 3.09. The van der Waals surface area contributed by atoms with Crippen LogP contribution in [0.1, 0.15) is 17.4 Å². The van der Waals surface area contributed by atoms with Crippen LogP contribution in [0.15, 0.2) is 42.7 Å². The van der Waals surface area contributed by atoms with Crippen molar-refractivity contribution in [3.05, 3.63) is 54.1 Å². The highest BCUT2D eigenvalue weighted by Gasteiger charge is 2.32. The Morgan fingerprint density at radius 1 is 1.25 bits per heavy atom. The first-order valence-corrected chi connectivity index (χ1v) is 6.13. The Hall–Kier alpha value is -2.94. The van der Waals surface area contributed by atoms with Gasteiger partial charge < -0.3 is 5.32 Å². The molecule has 2 amide bonds. The predicted octanol–water partition coefficient (Wildman–Crippen LogP) is 1.62. The summed E-state index contributed by atoms with van der Waals surface area (Å²) < 4.78 is 0. The van der Waals surface area contributed by atoms with Gasteiger partial charge in [0, 0.05) is 18.1 Å². The van der Waals surface area contributed by atoms with Crippen LogP contribution in [0.5, 0.6) is 0 Å². The SMILES string of the molecule is N#Cc1cnc(C2CN(c3ccccc3)C(=O)N2)nc1. The lowest BCUT2D eigenvalue weighted by atomic mass is 10.2. The van der Waals surface area contributed by atoms with Gasteiger partial charge in [0.1, 0.15) is 12.1 Å². The zero-order chi connectivity index (χ0) is 13.9. The summed E-state index contributed by atoms with van der Waals surface area (Å²) in [5.74, 6) is 0.510. The molecular formula is C14H11N5O. The first kappa shape index (κ1) is 12.1. The van der Waals surface area contributed by atoms with Gasteiger partial charge in [-0.2, -0.15) is 5.26 Å². The molecule has 1 fully saturated rings. The number of urea groups is 1. The molecule has 0 radical (unpaired) electrons. The lowest BCUT2D eigenvalue weighted by Gasteiger charge is -2.13. The first-order chi connectivity index (χ1) is 9.78. The summed E-state index contributed by atoms with van der Waals surface area (Å²) in [6, 6.07) is 10.9. The van der Waals surface area contributed by atoms with Crippen molar-refractivity contribution in [2.75, 3.05) is 11.4 Å². The third-order valence-electron chi connectivity index (χ3n) is 3.09. The predicted molar refractivity (Wildman–Crippen MR) is 71.8 cm³/mol. The van der Waals surface area contributed by atoms with Crippen molar-refractivity contribution in [1.82, 2.24) is 15.3 Å². The summed E-state index contributed by atoms with van der Waals surface area (Å²) in [6.45, 7) is 0.467. The smallest absolute Gasteiger partial charge is 0.322 e. The van der Waals surface area contributed by atoms with Crippen LogP contribution in [0.3, 0.4) is 0 Å². The van der Waals surface area contributed by atoms with Crippen molar-refractivity contribution in [2.45, 2.75) is 6.04 Å². The fourth-order valence-electron chi connectivity index (χ4n) is 2.09. The quantitative estimate of drug-likeness (QED) is 0.894. The average molecular weight is 265 g/mol. The van der Waals surface area contributed by atoms with Gasteiger partial charge in [-0.1, -0.05) is 18.2 Å². The summed E-state index contributed by atoms with van der Waals surface area (Å²) in [7, 11) is 0. The molecule has 1 aromatic heterocycles. The Labute approximate surface area is 115 Å². The van der Waals surface area contributed by atoms with Crippen LogP contribution >= 0.6 is 0 Å². The van der Waals surface area contributed by atoms with Crippen LogP contribution in [0.25, 0.3) is 0 Å². The van der Waals surface area contributed by atoms with Crippen molar-refractivity contribution in [2.24, 2.45) is 0 Å². The van der Waals surface area contributed by atoms with E-state index in [-0.39, 0.29) is 12.1 Å². The molecule has 1 aromatic carbocycles. The Bertz CT molecular complexity index is 662. The number of anilines is 1. The molecule has 20 heavy (non-hydrogen) atoms. The molecule has 6 nitrogen and oxygen atoms in total. The van der Waals surface area contributed by atoms with Gasteiger partial charge in [0.25, 0.3) is 0 Å². The number of benzene rings is 1. The fourth-order valence-corrected chi connectivity index (χ4v) is 2.09. The number of carbonyl (C=O) groups is 1. The zero-order valence-corrected chi connectivity index (χ0v) is 10.5. The maximum absolute atomic E-state index is 12.0. The molecular weight excluding hydrogens is 254 g/mol. The summed E-state index contributed by atoms with van der Waals surface area (Å²) >= 11 is 0. The highest BCUT2D eigenvalue weighted by Crippen LogP contribution is 2.23. The van der Waals surface area contributed by atoms with Crippen LogP contribution < -0.4 is 10.2 Å². The molecule has 0 saturated carbocycles. The summed E-state index contributed by atoms with van der Waals surface area (Å²) in [6.07, 6.45) is 2.92. The molecule has 0 bridgehead atoms. The molecule has 3 rings (SSSR count). The van der Waals surface area contributed by atoms with Gasteiger partial charge in [-0.15, -0.1) is 0 Å². The van der Waals surface area contributed by atoms with Gasteiger partial charge in [-0.05, 0) is 12.1 Å². The van der Waals surface area contributed by atoms with E-state index in [9.17, 15) is 4.79 Å². The Morgan fingerprint density at radius 3 is 2.60 bits per heavy atom.